The predicted molar refractivity (Wildman–Crippen MR) is 91.5 cm³/mol. The third-order valence-electron chi connectivity index (χ3n) is 3.90. The maximum absolute atomic E-state index is 10.7. The van der Waals surface area contributed by atoms with E-state index >= 15 is 0 Å². The molecule has 22 heavy (non-hydrogen) atoms. The highest BCUT2D eigenvalue weighted by atomic mass is 35.5. The first kappa shape index (κ1) is 15.1. The average Bonchev–Trinajstić information content (AvgIpc) is 2.92. The molecular weight excluding hydrogens is 296 g/mol. The van der Waals surface area contributed by atoms with Gasteiger partial charge in [-0.05, 0) is 42.3 Å². The second-order valence-corrected chi connectivity index (χ2v) is 5.84. The lowest BCUT2D eigenvalue weighted by Crippen LogP contribution is -2.33. The standard InChI is InChI=1S/C18H19ClN2O/c1-20-12-17(22)18(14-6-4-7-15(19)11-14)21-10-9-13-5-2-3-8-16(13)21/h2-11,17-18,20,22H,12H2,1H3. The highest BCUT2D eigenvalue weighted by Gasteiger charge is 2.23. The van der Waals surface area contributed by atoms with Crippen LogP contribution < -0.4 is 5.32 Å². The van der Waals surface area contributed by atoms with E-state index < -0.39 is 6.10 Å². The maximum Gasteiger partial charge on any atom is 0.0912 e. The molecule has 0 saturated carbocycles. The number of hydrogen-bond acceptors (Lipinski definition) is 2. The van der Waals surface area contributed by atoms with E-state index in [1.807, 2.05) is 49.6 Å². The van der Waals surface area contributed by atoms with Crippen molar-refractivity contribution >= 4 is 22.5 Å². The number of aliphatic hydroxyl groups excluding tert-OH is 1. The summed E-state index contributed by atoms with van der Waals surface area (Å²) in [6, 6.07) is 17.7. The Kier molecular flexibility index (Phi) is 4.48. The molecular formula is C18H19ClN2O. The van der Waals surface area contributed by atoms with E-state index in [0.29, 0.717) is 11.6 Å². The van der Waals surface area contributed by atoms with Crippen LogP contribution in [0.1, 0.15) is 11.6 Å². The van der Waals surface area contributed by atoms with Gasteiger partial charge in [-0.3, -0.25) is 0 Å². The van der Waals surface area contributed by atoms with Gasteiger partial charge >= 0.3 is 0 Å². The van der Waals surface area contributed by atoms with Gasteiger partial charge in [-0.25, -0.2) is 0 Å². The largest absolute Gasteiger partial charge is 0.389 e. The summed E-state index contributed by atoms with van der Waals surface area (Å²) >= 11 is 6.14. The fourth-order valence-electron chi connectivity index (χ4n) is 2.93. The molecule has 0 aliphatic carbocycles. The lowest BCUT2D eigenvalue weighted by atomic mass is 10.0. The number of nitrogens with zero attached hydrogens (tertiary/aromatic N) is 1. The minimum Gasteiger partial charge on any atom is -0.389 e. The Morgan fingerprint density at radius 2 is 1.95 bits per heavy atom. The quantitative estimate of drug-likeness (QED) is 0.756. The molecule has 3 nitrogen and oxygen atoms in total. The molecule has 3 aromatic rings. The minimum atomic E-state index is -0.556. The van der Waals surface area contributed by atoms with E-state index in [9.17, 15) is 5.11 Å². The molecule has 0 amide bonds. The molecule has 2 unspecified atom stereocenters. The number of aliphatic hydroxyl groups is 1. The van der Waals surface area contributed by atoms with E-state index in [-0.39, 0.29) is 6.04 Å². The predicted octanol–water partition coefficient (Wildman–Crippen LogP) is 3.46. The Balaban J connectivity index is 2.13. The van der Waals surface area contributed by atoms with Crippen LogP contribution in [0.2, 0.25) is 5.02 Å². The summed E-state index contributed by atoms with van der Waals surface area (Å²) in [5.74, 6) is 0. The monoisotopic (exact) mass is 314 g/mol. The topological polar surface area (TPSA) is 37.2 Å². The Morgan fingerprint density at radius 1 is 1.14 bits per heavy atom. The molecule has 3 rings (SSSR count). The zero-order valence-electron chi connectivity index (χ0n) is 12.4. The number of aromatic nitrogens is 1. The number of para-hydroxylation sites is 1. The number of hydrogen-bond donors (Lipinski definition) is 2. The number of likely N-dealkylation sites (N-methyl/N-ethyl adjacent to an activating group) is 1. The van der Waals surface area contributed by atoms with Gasteiger partial charge in [-0.2, -0.15) is 0 Å². The van der Waals surface area contributed by atoms with Gasteiger partial charge in [0, 0.05) is 23.3 Å². The summed E-state index contributed by atoms with van der Waals surface area (Å²) in [7, 11) is 1.84. The van der Waals surface area contributed by atoms with Crippen molar-refractivity contribution < 1.29 is 5.11 Å². The zero-order valence-corrected chi connectivity index (χ0v) is 13.2. The lowest BCUT2D eigenvalue weighted by molar-refractivity contribution is 0.132. The highest BCUT2D eigenvalue weighted by Crippen LogP contribution is 2.29. The number of rotatable bonds is 5. The molecule has 0 aliphatic rings. The molecule has 2 aromatic carbocycles. The molecule has 4 heteroatoms. The molecule has 0 saturated heterocycles. The fourth-order valence-corrected chi connectivity index (χ4v) is 3.13. The Morgan fingerprint density at radius 3 is 2.73 bits per heavy atom. The molecule has 1 heterocycles. The Bertz CT molecular complexity index is 768. The summed E-state index contributed by atoms with van der Waals surface area (Å²) in [6.07, 6.45) is 1.47. The molecule has 2 atom stereocenters. The first-order valence-electron chi connectivity index (χ1n) is 7.34. The van der Waals surface area contributed by atoms with Crippen LogP contribution in [0.25, 0.3) is 10.9 Å². The normalized spacial score (nSPS) is 14.1. The molecule has 0 radical (unpaired) electrons. The molecule has 0 spiro atoms. The first-order chi connectivity index (χ1) is 10.7. The van der Waals surface area contributed by atoms with Crippen LogP contribution in [-0.4, -0.2) is 29.4 Å². The summed E-state index contributed by atoms with van der Waals surface area (Å²) in [5, 5.41) is 15.5. The van der Waals surface area contributed by atoms with Crippen molar-refractivity contribution in [2.75, 3.05) is 13.6 Å². The van der Waals surface area contributed by atoms with E-state index in [1.54, 1.807) is 0 Å². The van der Waals surface area contributed by atoms with Crippen molar-refractivity contribution in [1.82, 2.24) is 9.88 Å². The number of halogens is 1. The molecule has 114 valence electrons. The molecule has 1 aromatic heterocycles. The van der Waals surface area contributed by atoms with Gasteiger partial charge in [-0.15, -0.1) is 0 Å². The van der Waals surface area contributed by atoms with Gasteiger partial charge in [-0.1, -0.05) is 41.9 Å². The summed E-state index contributed by atoms with van der Waals surface area (Å²) in [4.78, 5) is 0. The van der Waals surface area contributed by atoms with Crippen LogP contribution >= 0.6 is 11.6 Å². The maximum atomic E-state index is 10.7. The Hall–Kier alpha value is -1.81. The van der Waals surface area contributed by atoms with Crippen molar-refractivity contribution in [2.45, 2.75) is 12.1 Å². The van der Waals surface area contributed by atoms with Gasteiger partial charge in [0.1, 0.15) is 0 Å². The van der Waals surface area contributed by atoms with Gasteiger partial charge < -0.3 is 15.0 Å². The van der Waals surface area contributed by atoms with Gasteiger partial charge in [0.05, 0.1) is 12.1 Å². The van der Waals surface area contributed by atoms with Gasteiger partial charge in [0.2, 0.25) is 0 Å². The summed E-state index contributed by atoms with van der Waals surface area (Å²) in [6.45, 7) is 0.504. The third-order valence-corrected chi connectivity index (χ3v) is 4.13. The number of nitrogens with one attached hydrogen (secondary N) is 1. The van der Waals surface area contributed by atoms with Crippen LogP contribution in [0, 0.1) is 0 Å². The molecule has 0 fully saturated rings. The lowest BCUT2D eigenvalue weighted by Gasteiger charge is -2.26. The van der Waals surface area contributed by atoms with E-state index in [0.717, 1.165) is 16.5 Å². The van der Waals surface area contributed by atoms with Crippen LogP contribution in [0.5, 0.6) is 0 Å². The third kappa shape index (κ3) is 2.88. The van der Waals surface area contributed by atoms with Crippen molar-refractivity contribution in [3.63, 3.8) is 0 Å². The van der Waals surface area contributed by atoms with Crippen LogP contribution in [0.4, 0.5) is 0 Å². The second kappa shape index (κ2) is 6.53. The smallest absolute Gasteiger partial charge is 0.0912 e. The average molecular weight is 315 g/mol. The van der Waals surface area contributed by atoms with Crippen LogP contribution in [0.3, 0.4) is 0 Å². The zero-order chi connectivity index (χ0) is 15.5. The van der Waals surface area contributed by atoms with Gasteiger partial charge in [0.25, 0.3) is 0 Å². The van der Waals surface area contributed by atoms with Crippen molar-refractivity contribution in [3.8, 4) is 0 Å². The van der Waals surface area contributed by atoms with E-state index in [2.05, 4.69) is 28.1 Å². The summed E-state index contributed by atoms with van der Waals surface area (Å²) < 4.78 is 2.11. The fraction of sp³-hybridized carbons (Fsp3) is 0.222. The van der Waals surface area contributed by atoms with Crippen LogP contribution in [0.15, 0.2) is 60.8 Å². The van der Waals surface area contributed by atoms with Crippen molar-refractivity contribution in [3.05, 3.63) is 71.4 Å². The van der Waals surface area contributed by atoms with Gasteiger partial charge in [0.15, 0.2) is 0 Å². The SMILES string of the molecule is CNCC(O)C(c1cccc(Cl)c1)n1ccc2ccccc21. The number of fused-ring (bicyclic) bond motifs is 1. The summed E-state index contributed by atoms with van der Waals surface area (Å²) in [5.41, 5.74) is 2.10. The van der Waals surface area contributed by atoms with Crippen molar-refractivity contribution in [2.24, 2.45) is 0 Å². The second-order valence-electron chi connectivity index (χ2n) is 5.41. The van der Waals surface area contributed by atoms with Crippen LogP contribution in [-0.2, 0) is 0 Å². The van der Waals surface area contributed by atoms with E-state index in [4.69, 9.17) is 11.6 Å². The highest BCUT2D eigenvalue weighted by molar-refractivity contribution is 6.30. The molecule has 0 aliphatic heterocycles. The molecule has 2 N–H and O–H groups in total. The molecule has 0 bridgehead atoms. The Labute approximate surface area is 135 Å². The number of benzene rings is 2. The minimum absolute atomic E-state index is 0.189. The van der Waals surface area contributed by atoms with Crippen molar-refractivity contribution in [1.29, 1.82) is 0 Å². The van der Waals surface area contributed by atoms with E-state index in [1.165, 1.54) is 0 Å². The first-order valence-corrected chi connectivity index (χ1v) is 7.72.